The standard InChI is InChI=1S/C14H21NO9.ClH/c1-6(16)20-5-10-12(21-7(2)17)13(22-8(3)18)11(15)14(24-10)23-9(4)19;/h10-14H,5,15H2,1-4H3;1H/t10-,11-,12?,13-,14-;/m1./s1. The zero-order valence-electron chi connectivity index (χ0n) is 14.3. The highest BCUT2D eigenvalue weighted by atomic mass is 35.5. The molecule has 1 rings (SSSR count). The van der Waals surface area contributed by atoms with Crippen molar-refractivity contribution < 1.29 is 42.9 Å². The Hall–Kier alpha value is -1.91. The molecular formula is C14H22ClNO9. The molecule has 0 amide bonds. The van der Waals surface area contributed by atoms with Crippen molar-refractivity contribution in [3.8, 4) is 0 Å². The Labute approximate surface area is 150 Å². The maximum Gasteiger partial charge on any atom is 0.304 e. The van der Waals surface area contributed by atoms with Crippen LogP contribution in [0.15, 0.2) is 0 Å². The van der Waals surface area contributed by atoms with Crippen LogP contribution in [0.3, 0.4) is 0 Å². The maximum absolute atomic E-state index is 11.3. The van der Waals surface area contributed by atoms with Gasteiger partial charge in [-0.2, -0.15) is 0 Å². The fourth-order valence-electron chi connectivity index (χ4n) is 2.20. The molecule has 1 unspecified atom stereocenters. The van der Waals surface area contributed by atoms with Crippen LogP contribution in [0.25, 0.3) is 0 Å². The Morgan fingerprint density at radius 1 is 0.840 bits per heavy atom. The van der Waals surface area contributed by atoms with Crippen molar-refractivity contribution in [2.45, 2.75) is 58.3 Å². The number of hydrogen-bond acceptors (Lipinski definition) is 10. The molecule has 1 aliphatic heterocycles. The van der Waals surface area contributed by atoms with E-state index in [1.807, 2.05) is 0 Å². The van der Waals surface area contributed by atoms with Gasteiger partial charge in [-0.3, -0.25) is 19.2 Å². The molecule has 0 aromatic rings. The molecule has 2 N–H and O–H groups in total. The van der Waals surface area contributed by atoms with Gasteiger partial charge in [0.1, 0.15) is 18.8 Å². The number of nitrogens with two attached hydrogens (primary N) is 1. The van der Waals surface area contributed by atoms with Gasteiger partial charge >= 0.3 is 23.9 Å². The molecule has 1 saturated heterocycles. The van der Waals surface area contributed by atoms with E-state index < -0.39 is 54.5 Å². The summed E-state index contributed by atoms with van der Waals surface area (Å²) >= 11 is 0. The molecule has 25 heavy (non-hydrogen) atoms. The summed E-state index contributed by atoms with van der Waals surface area (Å²) in [5, 5.41) is 0. The smallest absolute Gasteiger partial charge is 0.304 e. The molecule has 0 bridgehead atoms. The molecule has 1 fully saturated rings. The molecule has 0 radical (unpaired) electrons. The van der Waals surface area contributed by atoms with Gasteiger partial charge in [0.15, 0.2) is 12.2 Å². The highest BCUT2D eigenvalue weighted by Gasteiger charge is 2.50. The minimum Gasteiger partial charge on any atom is -0.463 e. The van der Waals surface area contributed by atoms with Gasteiger partial charge in [-0.15, -0.1) is 12.4 Å². The summed E-state index contributed by atoms with van der Waals surface area (Å²) in [6.07, 6.45) is -4.58. The van der Waals surface area contributed by atoms with Gasteiger partial charge in [0.2, 0.25) is 6.29 Å². The van der Waals surface area contributed by atoms with E-state index in [4.69, 9.17) is 29.4 Å². The molecule has 10 nitrogen and oxygen atoms in total. The zero-order valence-corrected chi connectivity index (χ0v) is 15.1. The number of carbonyl (C=O) groups is 4. The van der Waals surface area contributed by atoms with Crippen LogP contribution in [-0.4, -0.2) is 61.1 Å². The number of rotatable bonds is 5. The fourth-order valence-corrected chi connectivity index (χ4v) is 2.20. The van der Waals surface area contributed by atoms with Crippen LogP contribution in [0.1, 0.15) is 27.7 Å². The Kier molecular flexibility index (Phi) is 9.39. The van der Waals surface area contributed by atoms with Gasteiger partial charge < -0.3 is 29.4 Å². The van der Waals surface area contributed by atoms with E-state index in [1.165, 1.54) is 6.92 Å². The first-order valence-corrected chi connectivity index (χ1v) is 7.18. The predicted octanol–water partition coefficient (Wildman–Crippen LogP) is -0.550. The molecule has 1 heterocycles. The molecule has 0 aliphatic carbocycles. The average molecular weight is 384 g/mol. The van der Waals surface area contributed by atoms with Crippen LogP contribution in [0, 0.1) is 0 Å². The monoisotopic (exact) mass is 383 g/mol. The Morgan fingerprint density at radius 2 is 1.32 bits per heavy atom. The summed E-state index contributed by atoms with van der Waals surface area (Å²) < 4.78 is 25.5. The normalized spacial score (nSPS) is 28.1. The highest BCUT2D eigenvalue weighted by molar-refractivity contribution is 5.85. The zero-order chi connectivity index (χ0) is 18.4. The topological polar surface area (TPSA) is 140 Å². The van der Waals surface area contributed by atoms with Crippen molar-refractivity contribution in [3.63, 3.8) is 0 Å². The number of halogens is 1. The van der Waals surface area contributed by atoms with E-state index in [1.54, 1.807) is 0 Å². The lowest BCUT2D eigenvalue weighted by Crippen LogP contribution is -2.65. The first kappa shape index (κ1) is 23.1. The molecule has 11 heteroatoms. The molecule has 5 atom stereocenters. The molecule has 1 aliphatic rings. The number of carbonyl (C=O) groups excluding carboxylic acids is 4. The van der Waals surface area contributed by atoms with Gasteiger partial charge in [0.25, 0.3) is 0 Å². The summed E-state index contributed by atoms with van der Waals surface area (Å²) in [7, 11) is 0. The van der Waals surface area contributed by atoms with E-state index in [2.05, 4.69) is 0 Å². The second-order valence-electron chi connectivity index (χ2n) is 5.18. The SMILES string of the molecule is CC(=O)OC[C@H]1O[C@@H](OC(C)=O)[C@H](N)[C@@H](OC(C)=O)C1OC(C)=O.Cl. The fraction of sp³-hybridized carbons (Fsp3) is 0.714. The predicted molar refractivity (Wildman–Crippen MR) is 83.4 cm³/mol. The van der Waals surface area contributed by atoms with E-state index in [0.717, 1.165) is 20.8 Å². The van der Waals surface area contributed by atoms with Crippen molar-refractivity contribution >= 4 is 36.3 Å². The second kappa shape index (κ2) is 10.2. The molecule has 0 aromatic carbocycles. The first-order valence-electron chi connectivity index (χ1n) is 7.18. The average Bonchev–Trinajstić information content (AvgIpc) is 2.42. The quantitative estimate of drug-likeness (QED) is 0.485. The lowest BCUT2D eigenvalue weighted by molar-refractivity contribution is -0.267. The van der Waals surface area contributed by atoms with Gasteiger partial charge in [-0.05, 0) is 0 Å². The first-order chi connectivity index (χ1) is 11.1. The third-order valence-corrected chi connectivity index (χ3v) is 3.03. The van der Waals surface area contributed by atoms with Crippen molar-refractivity contribution in [2.24, 2.45) is 5.73 Å². The summed E-state index contributed by atoms with van der Waals surface area (Å²) in [5.74, 6) is -2.62. The van der Waals surface area contributed by atoms with Crippen LogP contribution in [-0.2, 0) is 42.9 Å². The highest BCUT2D eigenvalue weighted by Crippen LogP contribution is 2.26. The summed E-state index contributed by atoms with van der Waals surface area (Å²) in [5.41, 5.74) is 5.93. The van der Waals surface area contributed by atoms with Crippen LogP contribution in [0.2, 0.25) is 0 Å². The molecular weight excluding hydrogens is 362 g/mol. The minimum absolute atomic E-state index is 0. The largest absolute Gasteiger partial charge is 0.463 e. The Balaban J connectivity index is 0.00000576. The lowest BCUT2D eigenvalue weighted by Gasteiger charge is -2.42. The maximum atomic E-state index is 11.3. The van der Waals surface area contributed by atoms with Crippen molar-refractivity contribution in [1.29, 1.82) is 0 Å². The molecule has 0 aromatic heterocycles. The van der Waals surface area contributed by atoms with Gasteiger partial charge in [-0.25, -0.2) is 0 Å². The van der Waals surface area contributed by atoms with E-state index in [9.17, 15) is 19.2 Å². The second-order valence-corrected chi connectivity index (χ2v) is 5.18. The number of ether oxygens (including phenoxy) is 5. The Morgan fingerprint density at radius 3 is 1.76 bits per heavy atom. The number of esters is 4. The van der Waals surface area contributed by atoms with E-state index in [-0.39, 0.29) is 19.0 Å². The van der Waals surface area contributed by atoms with E-state index >= 15 is 0 Å². The third kappa shape index (κ3) is 7.24. The van der Waals surface area contributed by atoms with Crippen molar-refractivity contribution in [3.05, 3.63) is 0 Å². The Bertz CT molecular complexity index is 497. The van der Waals surface area contributed by atoms with Crippen LogP contribution < -0.4 is 5.73 Å². The van der Waals surface area contributed by atoms with E-state index in [0.29, 0.717) is 0 Å². The van der Waals surface area contributed by atoms with Crippen molar-refractivity contribution in [1.82, 2.24) is 0 Å². The van der Waals surface area contributed by atoms with Gasteiger partial charge in [0.05, 0.1) is 0 Å². The summed E-state index contributed by atoms with van der Waals surface area (Å²) in [6, 6.07) is -1.10. The summed E-state index contributed by atoms with van der Waals surface area (Å²) in [4.78, 5) is 44.9. The van der Waals surface area contributed by atoms with Crippen LogP contribution >= 0.6 is 12.4 Å². The number of hydrogen-bond donors (Lipinski definition) is 1. The molecule has 0 saturated carbocycles. The van der Waals surface area contributed by atoms with Gasteiger partial charge in [-0.1, -0.05) is 0 Å². The minimum atomic E-state index is -1.26. The van der Waals surface area contributed by atoms with Crippen LogP contribution in [0.5, 0.6) is 0 Å². The lowest BCUT2D eigenvalue weighted by atomic mass is 9.97. The van der Waals surface area contributed by atoms with Crippen molar-refractivity contribution in [2.75, 3.05) is 6.61 Å². The summed E-state index contributed by atoms with van der Waals surface area (Å²) in [6.45, 7) is 4.32. The van der Waals surface area contributed by atoms with Gasteiger partial charge in [0, 0.05) is 27.7 Å². The molecule has 0 spiro atoms. The van der Waals surface area contributed by atoms with Crippen LogP contribution in [0.4, 0.5) is 0 Å². The molecule has 144 valence electrons. The third-order valence-electron chi connectivity index (χ3n) is 3.03.